The molecule has 1 heterocycles. The first kappa shape index (κ1) is 21.1. The Labute approximate surface area is 176 Å². The molecule has 1 aliphatic heterocycles. The molecule has 2 amide bonds. The van der Waals surface area contributed by atoms with Crippen LogP contribution in [-0.4, -0.2) is 36.3 Å². The lowest BCUT2D eigenvalue weighted by atomic mass is 9.96. The van der Waals surface area contributed by atoms with Gasteiger partial charge in [-0.1, -0.05) is 41.9 Å². The summed E-state index contributed by atoms with van der Waals surface area (Å²) in [5.41, 5.74) is 2.13. The normalized spacial score (nSPS) is 16.8. The number of benzene rings is 2. The molecule has 1 aliphatic rings. The van der Waals surface area contributed by atoms with E-state index < -0.39 is 0 Å². The fourth-order valence-electron chi connectivity index (χ4n) is 3.59. The monoisotopic (exact) mass is 411 g/mol. The Hall–Kier alpha value is -2.63. The Morgan fingerprint density at radius 1 is 1.21 bits per heavy atom. The van der Waals surface area contributed by atoms with Gasteiger partial charge in [0.2, 0.25) is 5.91 Å². The predicted molar refractivity (Wildman–Crippen MR) is 117 cm³/mol. The Balaban J connectivity index is 1.63. The lowest BCUT2D eigenvalue weighted by molar-refractivity contribution is -0.121. The molecule has 1 saturated heterocycles. The van der Waals surface area contributed by atoms with E-state index in [4.69, 9.17) is 11.6 Å². The predicted octanol–water partition coefficient (Wildman–Crippen LogP) is 4.11. The fraction of sp³-hybridized carbons (Fsp3) is 0.304. The average Bonchev–Trinajstić information content (AvgIpc) is 2.72. The molecule has 29 heavy (non-hydrogen) atoms. The summed E-state index contributed by atoms with van der Waals surface area (Å²) in [4.78, 5) is 27.5. The Kier molecular flexibility index (Phi) is 7.44. The molecule has 0 aliphatic carbocycles. The third-order valence-corrected chi connectivity index (χ3v) is 5.24. The van der Waals surface area contributed by atoms with Gasteiger partial charge in [-0.2, -0.15) is 0 Å². The maximum absolute atomic E-state index is 12.9. The van der Waals surface area contributed by atoms with Gasteiger partial charge in [0.1, 0.15) is 0 Å². The second-order valence-corrected chi connectivity index (χ2v) is 7.67. The van der Waals surface area contributed by atoms with Gasteiger partial charge >= 0.3 is 0 Å². The van der Waals surface area contributed by atoms with E-state index in [0.29, 0.717) is 24.3 Å². The fourth-order valence-corrected chi connectivity index (χ4v) is 3.80. The average molecular weight is 412 g/mol. The molecule has 2 aromatic rings. The summed E-state index contributed by atoms with van der Waals surface area (Å²) >= 11 is 6.08. The van der Waals surface area contributed by atoms with Crippen LogP contribution in [0.15, 0.2) is 61.2 Å². The van der Waals surface area contributed by atoms with Gasteiger partial charge in [0, 0.05) is 24.7 Å². The van der Waals surface area contributed by atoms with Crippen LogP contribution in [0.5, 0.6) is 0 Å². The smallest absolute Gasteiger partial charge is 0.253 e. The second-order valence-electron chi connectivity index (χ2n) is 7.24. The molecule has 0 aromatic heterocycles. The molecule has 2 aromatic carbocycles. The van der Waals surface area contributed by atoms with Crippen molar-refractivity contribution in [3.63, 3.8) is 0 Å². The van der Waals surface area contributed by atoms with Crippen LogP contribution < -0.4 is 10.6 Å². The van der Waals surface area contributed by atoms with Crippen LogP contribution >= 0.6 is 11.6 Å². The number of piperidine rings is 1. The zero-order valence-electron chi connectivity index (χ0n) is 16.4. The van der Waals surface area contributed by atoms with E-state index in [0.717, 1.165) is 36.5 Å². The first-order chi connectivity index (χ1) is 14.1. The van der Waals surface area contributed by atoms with Crippen LogP contribution in [0.25, 0.3) is 0 Å². The van der Waals surface area contributed by atoms with Crippen molar-refractivity contribution in [3.8, 4) is 0 Å². The van der Waals surface area contributed by atoms with Crippen LogP contribution in [0.3, 0.4) is 0 Å². The third kappa shape index (κ3) is 5.92. The van der Waals surface area contributed by atoms with E-state index in [1.807, 2.05) is 30.3 Å². The molecule has 0 saturated carbocycles. The lowest BCUT2D eigenvalue weighted by Crippen LogP contribution is -2.40. The van der Waals surface area contributed by atoms with Crippen molar-refractivity contribution in [1.29, 1.82) is 0 Å². The summed E-state index contributed by atoms with van der Waals surface area (Å²) in [7, 11) is 0. The van der Waals surface area contributed by atoms with Crippen molar-refractivity contribution < 1.29 is 9.59 Å². The van der Waals surface area contributed by atoms with E-state index in [9.17, 15) is 9.59 Å². The van der Waals surface area contributed by atoms with Crippen molar-refractivity contribution in [3.05, 3.63) is 77.3 Å². The second kappa shape index (κ2) is 10.2. The molecular weight excluding hydrogens is 386 g/mol. The van der Waals surface area contributed by atoms with Gasteiger partial charge in [-0.25, -0.2) is 0 Å². The number of para-hydroxylation sites is 1. The maximum atomic E-state index is 12.9. The van der Waals surface area contributed by atoms with E-state index in [1.165, 1.54) is 0 Å². The number of likely N-dealkylation sites (tertiary alicyclic amines) is 1. The van der Waals surface area contributed by atoms with Crippen LogP contribution in [0.2, 0.25) is 5.02 Å². The topological polar surface area (TPSA) is 61.4 Å². The molecule has 0 radical (unpaired) electrons. The van der Waals surface area contributed by atoms with Crippen molar-refractivity contribution >= 4 is 29.1 Å². The number of rotatable bonds is 7. The van der Waals surface area contributed by atoms with E-state index >= 15 is 0 Å². The van der Waals surface area contributed by atoms with Crippen molar-refractivity contribution in [1.82, 2.24) is 10.2 Å². The van der Waals surface area contributed by atoms with Gasteiger partial charge in [-0.15, -0.1) is 6.58 Å². The van der Waals surface area contributed by atoms with Gasteiger partial charge in [-0.3, -0.25) is 14.5 Å². The minimum absolute atomic E-state index is 0.0511. The summed E-state index contributed by atoms with van der Waals surface area (Å²) in [6, 6.07) is 14.9. The lowest BCUT2D eigenvalue weighted by Gasteiger charge is -2.32. The molecule has 1 atom stereocenters. The summed E-state index contributed by atoms with van der Waals surface area (Å²) in [5, 5.41) is 6.43. The van der Waals surface area contributed by atoms with Gasteiger partial charge in [-0.05, 0) is 49.2 Å². The van der Waals surface area contributed by atoms with Crippen LogP contribution in [0, 0.1) is 5.92 Å². The number of halogens is 1. The highest BCUT2D eigenvalue weighted by atomic mass is 35.5. The van der Waals surface area contributed by atoms with Crippen molar-refractivity contribution in [2.75, 3.05) is 25.0 Å². The number of anilines is 1. The molecule has 2 N–H and O–H groups in total. The maximum Gasteiger partial charge on any atom is 0.253 e. The number of hydrogen-bond donors (Lipinski definition) is 2. The number of hydrogen-bond acceptors (Lipinski definition) is 3. The Bertz CT molecular complexity index is 884. The minimum atomic E-state index is -0.230. The van der Waals surface area contributed by atoms with Crippen molar-refractivity contribution in [2.45, 2.75) is 19.4 Å². The summed E-state index contributed by atoms with van der Waals surface area (Å²) in [5.74, 6) is -0.399. The van der Waals surface area contributed by atoms with Crippen LogP contribution in [0.4, 0.5) is 5.69 Å². The Morgan fingerprint density at radius 3 is 2.83 bits per heavy atom. The SMILES string of the molecule is C=CCNC(=O)c1ccccc1NC(=O)C1CCCN(Cc2cccc(Cl)c2)C1. The standard InChI is InChI=1S/C23H26ClN3O2/c1-2-12-25-23(29)20-10-3-4-11-21(20)26-22(28)18-8-6-13-27(16-18)15-17-7-5-9-19(24)14-17/h2-5,7,9-11,14,18H,1,6,8,12-13,15-16H2,(H,25,29)(H,26,28). The quantitative estimate of drug-likeness (QED) is 0.674. The highest BCUT2D eigenvalue weighted by Crippen LogP contribution is 2.23. The summed E-state index contributed by atoms with van der Waals surface area (Å²) < 4.78 is 0. The van der Waals surface area contributed by atoms with E-state index in [2.05, 4.69) is 22.1 Å². The van der Waals surface area contributed by atoms with Crippen LogP contribution in [-0.2, 0) is 11.3 Å². The number of amides is 2. The van der Waals surface area contributed by atoms with Crippen LogP contribution in [0.1, 0.15) is 28.8 Å². The zero-order valence-corrected chi connectivity index (χ0v) is 17.1. The van der Waals surface area contributed by atoms with Crippen molar-refractivity contribution in [2.24, 2.45) is 5.92 Å². The molecule has 6 heteroatoms. The molecule has 5 nitrogen and oxygen atoms in total. The largest absolute Gasteiger partial charge is 0.349 e. The number of carbonyl (C=O) groups is 2. The number of nitrogens with zero attached hydrogens (tertiary/aromatic N) is 1. The summed E-state index contributed by atoms with van der Waals surface area (Å²) in [6.45, 7) is 6.39. The molecule has 0 bridgehead atoms. The molecule has 1 fully saturated rings. The number of carbonyl (C=O) groups excluding carboxylic acids is 2. The molecule has 1 unspecified atom stereocenters. The zero-order chi connectivity index (χ0) is 20.6. The minimum Gasteiger partial charge on any atom is -0.349 e. The third-order valence-electron chi connectivity index (χ3n) is 5.01. The highest BCUT2D eigenvalue weighted by molar-refractivity contribution is 6.30. The molecule has 152 valence electrons. The van der Waals surface area contributed by atoms with Gasteiger partial charge in [0.25, 0.3) is 5.91 Å². The first-order valence-electron chi connectivity index (χ1n) is 9.82. The van der Waals surface area contributed by atoms with Gasteiger partial charge < -0.3 is 10.6 Å². The highest BCUT2D eigenvalue weighted by Gasteiger charge is 2.26. The van der Waals surface area contributed by atoms with Gasteiger partial charge in [0.15, 0.2) is 0 Å². The number of nitrogens with one attached hydrogen (secondary N) is 2. The molecule has 0 spiro atoms. The van der Waals surface area contributed by atoms with Gasteiger partial charge in [0.05, 0.1) is 17.2 Å². The summed E-state index contributed by atoms with van der Waals surface area (Å²) in [6.07, 6.45) is 3.42. The Morgan fingerprint density at radius 2 is 2.03 bits per heavy atom. The van der Waals surface area contributed by atoms with E-state index in [1.54, 1.807) is 24.3 Å². The molecular formula is C23H26ClN3O2. The molecule has 3 rings (SSSR count). The van der Waals surface area contributed by atoms with E-state index in [-0.39, 0.29) is 17.7 Å². The first-order valence-corrected chi connectivity index (χ1v) is 10.2.